The first-order valence-corrected chi connectivity index (χ1v) is 6.48. The van der Waals surface area contributed by atoms with Gasteiger partial charge in [-0.3, -0.25) is 14.9 Å². The Bertz CT molecular complexity index is 740. The lowest BCUT2D eigenvalue weighted by atomic mass is 9.93. The summed E-state index contributed by atoms with van der Waals surface area (Å²) < 4.78 is 1.27. The molecule has 0 fully saturated rings. The van der Waals surface area contributed by atoms with E-state index in [0.29, 0.717) is 11.4 Å². The summed E-state index contributed by atoms with van der Waals surface area (Å²) in [5.41, 5.74) is 0.305. The zero-order valence-corrected chi connectivity index (χ0v) is 12.3. The summed E-state index contributed by atoms with van der Waals surface area (Å²) in [6.07, 6.45) is 3.13. The van der Waals surface area contributed by atoms with Gasteiger partial charge in [-0.25, -0.2) is 0 Å². The summed E-state index contributed by atoms with van der Waals surface area (Å²) in [4.78, 5) is 16.4. The Balaban J connectivity index is 2.50. The van der Waals surface area contributed by atoms with Gasteiger partial charge in [-0.15, -0.1) is 0 Å². The third-order valence-electron chi connectivity index (χ3n) is 2.55. The van der Waals surface area contributed by atoms with Crippen LogP contribution in [0.5, 0.6) is 0 Å². The maximum atomic E-state index is 12.3. The van der Waals surface area contributed by atoms with Crippen LogP contribution in [-0.2, 0) is 5.41 Å². The molecule has 0 atom stereocenters. The highest BCUT2D eigenvalue weighted by Gasteiger charge is 2.21. The Morgan fingerprint density at radius 2 is 2.15 bits per heavy atom. The maximum Gasteiger partial charge on any atom is 0.297 e. The van der Waals surface area contributed by atoms with Gasteiger partial charge in [0, 0.05) is 11.6 Å². The molecule has 0 aliphatic rings. The number of nitrogens with one attached hydrogen (secondary N) is 1. The molecule has 0 aliphatic heterocycles. The zero-order valence-electron chi connectivity index (χ0n) is 11.5. The topological polar surface area (TPSA) is 75.9 Å². The highest BCUT2D eigenvalue weighted by Crippen LogP contribution is 2.15. The van der Waals surface area contributed by atoms with Crippen molar-refractivity contribution in [1.29, 1.82) is 0 Å². The van der Waals surface area contributed by atoms with Crippen molar-refractivity contribution in [2.45, 2.75) is 26.2 Å². The van der Waals surface area contributed by atoms with Crippen molar-refractivity contribution in [1.82, 2.24) is 19.9 Å². The normalized spacial score (nSPS) is 11.9. The van der Waals surface area contributed by atoms with Gasteiger partial charge in [-0.1, -0.05) is 26.8 Å². The minimum atomic E-state index is -0.390. The van der Waals surface area contributed by atoms with Crippen molar-refractivity contribution in [3.8, 4) is 0 Å². The van der Waals surface area contributed by atoms with E-state index >= 15 is 0 Å². The van der Waals surface area contributed by atoms with E-state index in [2.05, 4.69) is 20.3 Å². The zero-order chi connectivity index (χ0) is 14.8. The van der Waals surface area contributed by atoms with Crippen molar-refractivity contribution in [3.05, 3.63) is 50.9 Å². The molecule has 0 bridgehead atoms. The fraction of sp³-hybridized carbons (Fsp3) is 0.308. The van der Waals surface area contributed by atoms with Gasteiger partial charge in [-0.05, 0) is 24.4 Å². The van der Waals surface area contributed by atoms with E-state index in [1.165, 1.54) is 6.21 Å². The third-order valence-corrected chi connectivity index (χ3v) is 2.82. The van der Waals surface area contributed by atoms with Crippen LogP contribution in [0.2, 0.25) is 0 Å². The second-order valence-corrected chi connectivity index (χ2v) is 5.63. The van der Waals surface area contributed by atoms with Gasteiger partial charge >= 0.3 is 0 Å². The molecule has 2 aromatic rings. The summed E-state index contributed by atoms with van der Waals surface area (Å²) in [5, 5.41) is 10.7. The first-order valence-electron chi connectivity index (χ1n) is 6.07. The molecule has 0 saturated carbocycles. The van der Waals surface area contributed by atoms with Gasteiger partial charge in [0.2, 0.25) is 4.77 Å². The number of aromatic amines is 1. The van der Waals surface area contributed by atoms with Crippen molar-refractivity contribution in [2.75, 3.05) is 0 Å². The Hall–Kier alpha value is -2.15. The number of nitrogens with zero attached hydrogens (tertiary/aromatic N) is 4. The highest BCUT2D eigenvalue weighted by molar-refractivity contribution is 7.71. The molecule has 7 heteroatoms. The molecule has 0 unspecified atom stereocenters. The first kappa shape index (κ1) is 14.3. The predicted molar refractivity (Wildman–Crippen MR) is 79.6 cm³/mol. The van der Waals surface area contributed by atoms with Crippen LogP contribution in [0.25, 0.3) is 0 Å². The lowest BCUT2D eigenvalue weighted by molar-refractivity contribution is 0.529. The van der Waals surface area contributed by atoms with Crippen molar-refractivity contribution < 1.29 is 0 Å². The summed E-state index contributed by atoms with van der Waals surface area (Å²) in [5.74, 6) is 0. The van der Waals surface area contributed by atoms with Crippen LogP contribution in [0.3, 0.4) is 0 Å². The monoisotopic (exact) mass is 289 g/mol. The van der Waals surface area contributed by atoms with Gasteiger partial charge in [0.25, 0.3) is 5.56 Å². The van der Waals surface area contributed by atoms with Gasteiger partial charge in [0.05, 0.1) is 11.9 Å². The van der Waals surface area contributed by atoms with Crippen LogP contribution < -0.4 is 5.56 Å². The average molecular weight is 289 g/mol. The molecule has 2 aromatic heterocycles. The number of hydrogen-bond acceptors (Lipinski definition) is 5. The van der Waals surface area contributed by atoms with Gasteiger partial charge in [-0.2, -0.15) is 14.9 Å². The molecule has 20 heavy (non-hydrogen) atoms. The fourth-order valence-corrected chi connectivity index (χ4v) is 1.73. The SMILES string of the molecule is CC(C)(C)c1n[nH]c(=S)n(/N=C\c2ccccn2)c1=O. The molecular formula is C13H15N5OS. The molecule has 0 saturated heterocycles. The molecule has 0 aromatic carbocycles. The van der Waals surface area contributed by atoms with Crippen LogP contribution in [0, 0.1) is 4.77 Å². The summed E-state index contributed by atoms with van der Waals surface area (Å²) in [6, 6.07) is 5.43. The minimum absolute atomic E-state index is 0.148. The standard InChI is InChI=1S/C13H15N5OS/c1-13(2,3)10-11(19)18(12(20)17-16-10)15-8-9-6-4-5-7-14-9/h4-8H,1-3H3,(H,17,20)/b15-8-. The molecule has 104 valence electrons. The first-order chi connectivity index (χ1) is 9.39. The number of pyridine rings is 1. The molecule has 1 N–H and O–H groups in total. The van der Waals surface area contributed by atoms with Crippen LogP contribution in [0.1, 0.15) is 32.2 Å². The number of aromatic nitrogens is 4. The summed E-state index contributed by atoms with van der Waals surface area (Å²) in [7, 11) is 0. The van der Waals surface area contributed by atoms with E-state index in [1.807, 2.05) is 26.8 Å². The van der Waals surface area contributed by atoms with E-state index in [9.17, 15) is 4.79 Å². The lowest BCUT2D eigenvalue weighted by Crippen LogP contribution is -2.32. The number of hydrogen-bond donors (Lipinski definition) is 1. The Morgan fingerprint density at radius 1 is 1.40 bits per heavy atom. The Labute approximate surface area is 121 Å². The molecule has 6 nitrogen and oxygen atoms in total. The molecular weight excluding hydrogens is 274 g/mol. The van der Waals surface area contributed by atoms with Gasteiger partial charge < -0.3 is 0 Å². The molecule has 2 rings (SSSR count). The lowest BCUT2D eigenvalue weighted by Gasteiger charge is -2.16. The average Bonchev–Trinajstić information content (AvgIpc) is 2.38. The van der Waals surface area contributed by atoms with Crippen molar-refractivity contribution in [2.24, 2.45) is 5.10 Å². The Kier molecular flexibility index (Phi) is 3.89. The summed E-state index contributed by atoms with van der Waals surface area (Å²) in [6.45, 7) is 5.71. The number of H-pyrrole nitrogens is 1. The minimum Gasteiger partial charge on any atom is -0.265 e. The van der Waals surface area contributed by atoms with E-state index in [-0.39, 0.29) is 15.7 Å². The van der Waals surface area contributed by atoms with E-state index in [4.69, 9.17) is 12.2 Å². The van der Waals surface area contributed by atoms with Crippen LogP contribution in [0.15, 0.2) is 34.3 Å². The Morgan fingerprint density at radius 3 is 2.75 bits per heavy atom. The van der Waals surface area contributed by atoms with Crippen LogP contribution >= 0.6 is 12.2 Å². The molecule has 0 spiro atoms. The largest absolute Gasteiger partial charge is 0.297 e. The second kappa shape index (κ2) is 5.46. The van der Waals surface area contributed by atoms with Crippen LogP contribution in [0.4, 0.5) is 0 Å². The molecule has 0 amide bonds. The quantitative estimate of drug-likeness (QED) is 0.676. The maximum absolute atomic E-state index is 12.3. The third kappa shape index (κ3) is 3.05. The van der Waals surface area contributed by atoms with E-state index in [1.54, 1.807) is 18.3 Å². The molecule has 0 radical (unpaired) electrons. The summed E-state index contributed by atoms with van der Waals surface area (Å²) >= 11 is 5.05. The highest BCUT2D eigenvalue weighted by atomic mass is 32.1. The van der Waals surface area contributed by atoms with Gasteiger partial charge in [0.15, 0.2) is 0 Å². The number of rotatable bonds is 2. The van der Waals surface area contributed by atoms with E-state index in [0.717, 1.165) is 4.68 Å². The van der Waals surface area contributed by atoms with E-state index < -0.39 is 0 Å². The smallest absolute Gasteiger partial charge is 0.265 e. The van der Waals surface area contributed by atoms with Crippen LogP contribution in [-0.4, -0.2) is 26.1 Å². The second-order valence-electron chi connectivity index (χ2n) is 5.24. The fourth-order valence-electron chi connectivity index (χ4n) is 1.55. The van der Waals surface area contributed by atoms with Crippen molar-refractivity contribution in [3.63, 3.8) is 0 Å². The van der Waals surface area contributed by atoms with Crippen molar-refractivity contribution >= 4 is 18.4 Å². The molecule has 0 aliphatic carbocycles. The van der Waals surface area contributed by atoms with Gasteiger partial charge in [0.1, 0.15) is 5.69 Å². The molecule has 2 heterocycles. The predicted octanol–water partition coefficient (Wildman–Crippen LogP) is 1.88.